The highest BCUT2D eigenvalue weighted by Gasteiger charge is 2.17. The zero-order valence-corrected chi connectivity index (χ0v) is 11.3. The molecule has 0 aromatic carbocycles. The van der Waals surface area contributed by atoms with Crippen LogP contribution in [0.3, 0.4) is 0 Å². The van der Waals surface area contributed by atoms with Crippen molar-refractivity contribution in [3.63, 3.8) is 0 Å². The third kappa shape index (κ3) is 4.46. The minimum Gasteiger partial charge on any atom is -0.268 e. The van der Waals surface area contributed by atoms with E-state index in [2.05, 4.69) is 66.3 Å². The third-order valence-corrected chi connectivity index (χ3v) is 2.60. The molecule has 0 bridgehead atoms. The Bertz CT molecular complexity index is 285. The van der Waals surface area contributed by atoms with E-state index < -0.39 is 0 Å². The third-order valence-electron chi connectivity index (χ3n) is 2.60. The highest BCUT2D eigenvalue weighted by Crippen LogP contribution is 2.29. The van der Waals surface area contributed by atoms with Crippen molar-refractivity contribution in [1.29, 1.82) is 0 Å². The van der Waals surface area contributed by atoms with Crippen molar-refractivity contribution < 1.29 is 0 Å². The second kappa shape index (κ2) is 5.29. The fourth-order valence-corrected chi connectivity index (χ4v) is 1.53. The maximum Gasteiger partial charge on any atom is 0.0478 e. The van der Waals surface area contributed by atoms with Crippen LogP contribution in [0, 0.1) is 11.3 Å². The van der Waals surface area contributed by atoms with Crippen molar-refractivity contribution in [2.24, 2.45) is 16.3 Å². The maximum absolute atomic E-state index is 4.16. The molecule has 0 aliphatic carbocycles. The first-order chi connectivity index (χ1) is 6.70. The second-order valence-corrected chi connectivity index (χ2v) is 5.48. The Morgan fingerprint density at radius 3 is 1.93 bits per heavy atom. The largest absolute Gasteiger partial charge is 0.268 e. The second-order valence-electron chi connectivity index (χ2n) is 5.48. The van der Waals surface area contributed by atoms with Crippen molar-refractivity contribution in [3.8, 4) is 0 Å². The average molecular weight is 207 g/mol. The fraction of sp³-hybridized carbons (Fsp3) is 0.643. The molecular weight excluding hydrogens is 182 g/mol. The van der Waals surface area contributed by atoms with Crippen molar-refractivity contribution in [1.82, 2.24) is 0 Å². The number of aliphatic imine (C=N–C) groups is 1. The molecule has 15 heavy (non-hydrogen) atoms. The lowest BCUT2D eigenvalue weighted by atomic mass is 9.88. The first kappa shape index (κ1) is 14.2. The van der Waals surface area contributed by atoms with E-state index in [1.807, 2.05) is 0 Å². The average Bonchev–Trinajstić information content (AvgIpc) is 2.01. The van der Waals surface area contributed by atoms with E-state index in [4.69, 9.17) is 0 Å². The first-order valence-electron chi connectivity index (χ1n) is 5.56. The van der Waals surface area contributed by atoms with Gasteiger partial charge in [-0.05, 0) is 32.1 Å². The molecule has 0 amide bonds. The van der Waals surface area contributed by atoms with Crippen LogP contribution in [-0.2, 0) is 0 Å². The van der Waals surface area contributed by atoms with Crippen LogP contribution in [-0.4, -0.2) is 6.72 Å². The van der Waals surface area contributed by atoms with Crippen LogP contribution in [0.1, 0.15) is 48.5 Å². The Kier molecular flexibility index (Phi) is 4.99. The van der Waals surface area contributed by atoms with Crippen molar-refractivity contribution >= 4 is 6.72 Å². The van der Waals surface area contributed by atoms with Crippen LogP contribution in [0.4, 0.5) is 0 Å². The predicted octanol–water partition coefficient (Wildman–Crippen LogP) is 4.61. The van der Waals surface area contributed by atoms with Crippen LogP contribution in [0.25, 0.3) is 0 Å². The summed E-state index contributed by atoms with van der Waals surface area (Å²) in [6.07, 6.45) is 2.22. The standard InChI is InChI=1S/C14H25N/c1-10(2)11(3)9-12(4)13(15-8)14(5,6)7/h9-10H,8H2,1-7H3/b11-9+,13-12-. The Balaban J connectivity index is 5.25. The van der Waals surface area contributed by atoms with E-state index in [-0.39, 0.29) is 5.41 Å². The Morgan fingerprint density at radius 1 is 1.20 bits per heavy atom. The summed E-state index contributed by atoms with van der Waals surface area (Å²) in [4.78, 5) is 4.16. The molecule has 0 unspecified atom stereocenters. The molecule has 0 heterocycles. The van der Waals surface area contributed by atoms with Gasteiger partial charge in [0.05, 0.1) is 0 Å². The quantitative estimate of drug-likeness (QED) is 0.473. The number of allylic oxidation sites excluding steroid dienone is 4. The molecule has 0 radical (unpaired) electrons. The molecule has 0 fully saturated rings. The van der Waals surface area contributed by atoms with Gasteiger partial charge in [0.25, 0.3) is 0 Å². The summed E-state index contributed by atoms with van der Waals surface area (Å²) in [5.41, 5.74) is 3.77. The Hall–Kier alpha value is -0.850. The van der Waals surface area contributed by atoms with Gasteiger partial charge in [-0.3, -0.25) is 4.99 Å². The molecule has 0 aromatic heterocycles. The monoisotopic (exact) mass is 207 g/mol. The van der Waals surface area contributed by atoms with Crippen LogP contribution >= 0.6 is 0 Å². The maximum atomic E-state index is 4.16. The zero-order chi connectivity index (χ0) is 12.2. The first-order valence-corrected chi connectivity index (χ1v) is 5.56. The van der Waals surface area contributed by atoms with Gasteiger partial charge < -0.3 is 0 Å². The molecule has 1 heteroatoms. The molecule has 0 spiro atoms. The topological polar surface area (TPSA) is 12.4 Å². The molecule has 0 aliphatic rings. The minimum absolute atomic E-state index is 0.0690. The number of hydrogen-bond donors (Lipinski definition) is 0. The van der Waals surface area contributed by atoms with Crippen LogP contribution < -0.4 is 0 Å². The van der Waals surface area contributed by atoms with E-state index in [0.717, 1.165) is 5.70 Å². The molecule has 86 valence electrons. The highest BCUT2D eigenvalue weighted by atomic mass is 14.7. The van der Waals surface area contributed by atoms with Gasteiger partial charge >= 0.3 is 0 Å². The SMILES string of the molecule is C=N/C(=C(C)\C=C(/C)C(C)C)C(C)(C)C. The van der Waals surface area contributed by atoms with Gasteiger partial charge in [0.2, 0.25) is 0 Å². The van der Waals surface area contributed by atoms with Crippen LogP contribution in [0.5, 0.6) is 0 Å². The van der Waals surface area contributed by atoms with Crippen LogP contribution in [0.15, 0.2) is 27.9 Å². The summed E-state index contributed by atoms with van der Waals surface area (Å²) in [5, 5.41) is 0. The number of hydrogen-bond acceptors (Lipinski definition) is 1. The van der Waals surface area contributed by atoms with E-state index >= 15 is 0 Å². The van der Waals surface area contributed by atoms with Crippen molar-refractivity contribution in [3.05, 3.63) is 22.9 Å². The fourth-order valence-electron chi connectivity index (χ4n) is 1.53. The molecule has 0 rings (SSSR count). The summed E-state index contributed by atoms with van der Waals surface area (Å²) in [7, 11) is 0. The van der Waals surface area contributed by atoms with E-state index in [0.29, 0.717) is 5.92 Å². The summed E-state index contributed by atoms with van der Waals surface area (Å²) in [6, 6.07) is 0. The summed E-state index contributed by atoms with van der Waals surface area (Å²) in [6.45, 7) is 18.8. The van der Waals surface area contributed by atoms with E-state index in [1.54, 1.807) is 0 Å². The molecule has 0 aromatic rings. The van der Waals surface area contributed by atoms with Gasteiger partial charge in [-0.2, -0.15) is 0 Å². The number of nitrogens with zero attached hydrogens (tertiary/aromatic N) is 1. The summed E-state index contributed by atoms with van der Waals surface area (Å²) >= 11 is 0. The smallest absolute Gasteiger partial charge is 0.0478 e. The van der Waals surface area contributed by atoms with Gasteiger partial charge in [0.1, 0.15) is 0 Å². The molecule has 0 N–H and O–H groups in total. The van der Waals surface area contributed by atoms with Gasteiger partial charge in [-0.1, -0.05) is 46.3 Å². The van der Waals surface area contributed by atoms with Crippen molar-refractivity contribution in [2.45, 2.75) is 48.5 Å². The van der Waals surface area contributed by atoms with Gasteiger partial charge in [-0.25, -0.2) is 0 Å². The molecule has 0 saturated carbocycles. The van der Waals surface area contributed by atoms with E-state index in [1.165, 1.54) is 11.1 Å². The van der Waals surface area contributed by atoms with E-state index in [9.17, 15) is 0 Å². The minimum atomic E-state index is 0.0690. The zero-order valence-electron chi connectivity index (χ0n) is 11.3. The summed E-state index contributed by atoms with van der Waals surface area (Å²) in [5.74, 6) is 0.589. The summed E-state index contributed by atoms with van der Waals surface area (Å²) < 4.78 is 0. The molecule has 0 saturated heterocycles. The Morgan fingerprint density at radius 2 is 1.67 bits per heavy atom. The lowest BCUT2D eigenvalue weighted by Gasteiger charge is -2.21. The van der Waals surface area contributed by atoms with Crippen molar-refractivity contribution in [2.75, 3.05) is 0 Å². The van der Waals surface area contributed by atoms with Gasteiger partial charge in [0.15, 0.2) is 0 Å². The number of rotatable bonds is 3. The van der Waals surface area contributed by atoms with Gasteiger partial charge in [-0.15, -0.1) is 0 Å². The van der Waals surface area contributed by atoms with Gasteiger partial charge in [0, 0.05) is 11.1 Å². The highest BCUT2D eigenvalue weighted by molar-refractivity contribution is 5.37. The normalized spacial score (nSPS) is 15.3. The lowest BCUT2D eigenvalue weighted by molar-refractivity contribution is 0.495. The molecular formula is C14H25N. The predicted molar refractivity (Wildman–Crippen MR) is 70.3 cm³/mol. The Labute approximate surface area is 95.0 Å². The molecule has 0 atom stereocenters. The molecule has 0 aliphatic heterocycles. The van der Waals surface area contributed by atoms with Crippen LogP contribution in [0.2, 0.25) is 0 Å². The lowest BCUT2D eigenvalue weighted by Crippen LogP contribution is -2.09. The molecule has 1 nitrogen and oxygen atoms in total.